The highest BCUT2D eigenvalue weighted by molar-refractivity contribution is 6.67. The molecule has 0 spiro atoms. The average Bonchev–Trinajstić information content (AvgIpc) is 1.88. The number of halogens is 1. The smallest absolute Gasteiger partial charge is 0.252 e. The normalized spacial score (nSPS) is 9.30. The molecule has 3 nitrogen and oxygen atoms in total. The van der Waals surface area contributed by atoms with E-state index in [1.165, 1.54) is 18.3 Å². The van der Waals surface area contributed by atoms with Crippen LogP contribution in [0.15, 0.2) is 18.3 Å². The number of aromatic nitrogens is 1. The third-order valence-corrected chi connectivity index (χ3v) is 1.19. The van der Waals surface area contributed by atoms with Crippen LogP contribution in [-0.2, 0) is 0 Å². The minimum Gasteiger partial charge on any atom is -0.493 e. The highest BCUT2D eigenvalue weighted by Gasteiger charge is 2.00. The first-order chi connectivity index (χ1) is 4.70. The zero-order valence-electron chi connectivity index (χ0n) is 4.91. The van der Waals surface area contributed by atoms with Gasteiger partial charge in [0.2, 0.25) is 5.88 Å². The lowest BCUT2D eigenvalue weighted by molar-refractivity contribution is 0.108. The Morgan fingerprint density at radius 2 is 2.40 bits per heavy atom. The summed E-state index contributed by atoms with van der Waals surface area (Å²) in [5, 5.41) is 8.14. The molecule has 0 radical (unpaired) electrons. The highest BCUT2D eigenvalue weighted by atomic mass is 35.5. The molecule has 10 heavy (non-hydrogen) atoms. The summed E-state index contributed by atoms with van der Waals surface area (Å²) in [6, 6.07) is 2.63. The van der Waals surface area contributed by atoms with E-state index in [1.54, 1.807) is 0 Å². The molecule has 1 N–H and O–H groups in total. The zero-order chi connectivity index (χ0) is 7.56. The second-order valence-electron chi connectivity index (χ2n) is 1.68. The minimum atomic E-state index is -0.599. The van der Waals surface area contributed by atoms with Crippen molar-refractivity contribution in [1.82, 2.24) is 4.98 Å². The van der Waals surface area contributed by atoms with Gasteiger partial charge in [0, 0.05) is 17.8 Å². The van der Waals surface area contributed by atoms with Gasteiger partial charge in [-0.3, -0.25) is 4.79 Å². The highest BCUT2D eigenvalue weighted by Crippen LogP contribution is 2.08. The van der Waals surface area contributed by atoms with Crippen LogP contribution in [0.25, 0.3) is 0 Å². The van der Waals surface area contributed by atoms with Crippen LogP contribution in [0.3, 0.4) is 0 Å². The van der Waals surface area contributed by atoms with E-state index < -0.39 is 5.24 Å². The molecular weight excluding hydrogens is 154 g/mol. The van der Waals surface area contributed by atoms with Crippen LogP contribution in [0.4, 0.5) is 0 Å². The van der Waals surface area contributed by atoms with Crippen molar-refractivity contribution in [2.45, 2.75) is 0 Å². The van der Waals surface area contributed by atoms with E-state index in [0.717, 1.165) is 0 Å². The minimum absolute atomic E-state index is 0.202. The summed E-state index contributed by atoms with van der Waals surface area (Å²) in [4.78, 5) is 13.9. The Bertz CT molecular complexity index is 262. The lowest BCUT2D eigenvalue weighted by Crippen LogP contribution is -1.87. The van der Waals surface area contributed by atoms with Crippen molar-refractivity contribution >= 4 is 16.8 Å². The molecule has 0 aliphatic carbocycles. The number of rotatable bonds is 1. The number of hydrogen-bond acceptors (Lipinski definition) is 3. The molecule has 52 valence electrons. The Hall–Kier alpha value is -1.09. The van der Waals surface area contributed by atoms with Crippen LogP contribution in [0.5, 0.6) is 5.88 Å². The van der Waals surface area contributed by atoms with Gasteiger partial charge in [-0.25, -0.2) is 4.98 Å². The van der Waals surface area contributed by atoms with Gasteiger partial charge in [0.1, 0.15) is 0 Å². The van der Waals surface area contributed by atoms with E-state index in [-0.39, 0.29) is 11.4 Å². The molecule has 0 amide bonds. The van der Waals surface area contributed by atoms with Gasteiger partial charge in [-0.1, -0.05) is 0 Å². The van der Waals surface area contributed by atoms with Gasteiger partial charge in [0.25, 0.3) is 5.24 Å². The Kier molecular flexibility index (Phi) is 1.87. The van der Waals surface area contributed by atoms with Crippen molar-refractivity contribution in [2.75, 3.05) is 0 Å². The molecule has 1 rings (SSSR count). The summed E-state index contributed by atoms with van der Waals surface area (Å²) in [5.74, 6) is -0.202. The quantitative estimate of drug-likeness (QED) is 0.623. The zero-order valence-corrected chi connectivity index (χ0v) is 5.67. The maximum atomic E-state index is 10.4. The van der Waals surface area contributed by atoms with Gasteiger partial charge in [-0.05, 0) is 17.7 Å². The molecule has 0 aliphatic rings. The van der Waals surface area contributed by atoms with Crippen molar-refractivity contribution in [3.05, 3.63) is 23.9 Å². The van der Waals surface area contributed by atoms with E-state index >= 15 is 0 Å². The Labute approximate surface area is 62.3 Å². The molecule has 4 heteroatoms. The van der Waals surface area contributed by atoms with Crippen molar-refractivity contribution in [1.29, 1.82) is 0 Å². The van der Waals surface area contributed by atoms with Crippen molar-refractivity contribution in [2.24, 2.45) is 0 Å². The number of carbonyl (C=O) groups is 1. The summed E-state index contributed by atoms with van der Waals surface area (Å²) in [5.41, 5.74) is 0.245. The molecule has 0 aromatic carbocycles. The first kappa shape index (κ1) is 7.02. The maximum Gasteiger partial charge on any atom is 0.252 e. The second kappa shape index (κ2) is 2.66. The van der Waals surface area contributed by atoms with Crippen molar-refractivity contribution in [3.63, 3.8) is 0 Å². The van der Waals surface area contributed by atoms with Gasteiger partial charge in [0.15, 0.2) is 0 Å². The number of hydrogen-bond donors (Lipinski definition) is 1. The third kappa shape index (κ3) is 1.45. The largest absolute Gasteiger partial charge is 0.493 e. The topological polar surface area (TPSA) is 50.2 Å². The van der Waals surface area contributed by atoms with Gasteiger partial charge in [0.05, 0.1) is 0 Å². The van der Waals surface area contributed by atoms with Crippen LogP contribution in [0.1, 0.15) is 10.4 Å². The van der Waals surface area contributed by atoms with Crippen LogP contribution >= 0.6 is 11.6 Å². The van der Waals surface area contributed by atoms with E-state index in [4.69, 9.17) is 16.7 Å². The standard InChI is InChI=1S/C6H4ClNO2/c7-6(10)4-1-2-8-5(9)3-4/h1-3H,(H,8,9). The van der Waals surface area contributed by atoms with Gasteiger partial charge < -0.3 is 5.11 Å². The van der Waals surface area contributed by atoms with E-state index in [1.807, 2.05) is 0 Å². The van der Waals surface area contributed by atoms with Crippen LogP contribution < -0.4 is 0 Å². The molecule has 0 saturated heterocycles. The van der Waals surface area contributed by atoms with Gasteiger partial charge >= 0.3 is 0 Å². The molecule has 0 bridgehead atoms. The summed E-state index contributed by atoms with van der Waals surface area (Å²) in [6.07, 6.45) is 1.31. The molecular formula is C6H4ClNO2. The van der Waals surface area contributed by atoms with E-state index in [9.17, 15) is 4.79 Å². The fourth-order valence-corrected chi connectivity index (χ4v) is 0.658. The Balaban J connectivity index is 3.07. The predicted molar refractivity (Wildman–Crippen MR) is 36.1 cm³/mol. The van der Waals surface area contributed by atoms with Gasteiger partial charge in [-0.2, -0.15) is 0 Å². The lowest BCUT2D eigenvalue weighted by Gasteiger charge is -1.91. The molecule has 1 aromatic rings. The monoisotopic (exact) mass is 157 g/mol. The summed E-state index contributed by atoms with van der Waals surface area (Å²) < 4.78 is 0. The van der Waals surface area contributed by atoms with E-state index in [0.29, 0.717) is 0 Å². The molecule has 1 heterocycles. The SMILES string of the molecule is O=C(Cl)c1ccnc(O)c1. The summed E-state index contributed by atoms with van der Waals surface area (Å²) >= 11 is 5.10. The second-order valence-corrected chi connectivity index (χ2v) is 2.02. The average molecular weight is 158 g/mol. The first-order valence-corrected chi connectivity index (χ1v) is 2.93. The third-order valence-electron chi connectivity index (χ3n) is 0.972. The first-order valence-electron chi connectivity index (χ1n) is 2.55. The van der Waals surface area contributed by atoms with Crippen LogP contribution in [-0.4, -0.2) is 15.3 Å². The lowest BCUT2D eigenvalue weighted by atomic mass is 10.3. The number of aromatic hydroxyl groups is 1. The maximum absolute atomic E-state index is 10.4. The summed E-state index contributed by atoms with van der Waals surface area (Å²) in [7, 11) is 0. The molecule has 0 saturated carbocycles. The fraction of sp³-hybridized carbons (Fsp3) is 0. The molecule has 1 aromatic heterocycles. The Morgan fingerprint density at radius 3 is 2.80 bits per heavy atom. The predicted octanol–water partition coefficient (Wildman–Crippen LogP) is 1.17. The van der Waals surface area contributed by atoms with E-state index in [2.05, 4.69) is 4.98 Å². The van der Waals surface area contributed by atoms with Crippen molar-refractivity contribution in [3.8, 4) is 5.88 Å². The number of nitrogens with zero attached hydrogens (tertiary/aromatic N) is 1. The molecule has 0 unspecified atom stereocenters. The molecule has 0 fully saturated rings. The fourth-order valence-electron chi connectivity index (χ4n) is 0.541. The van der Waals surface area contributed by atoms with Gasteiger partial charge in [-0.15, -0.1) is 0 Å². The number of pyridine rings is 1. The molecule has 0 atom stereocenters. The van der Waals surface area contributed by atoms with Crippen LogP contribution in [0, 0.1) is 0 Å². The number of carbonyl (C=O) groups excluding carboxylic acids is 1. The van der Waals surface area contributed by atoms with Crippen molar-refractivity contribution < 1.29 is 9.90 Å². The Morgan fingerprint density at radius 1 is 1.70 bits per heavy atom. The summed E-state index contributed by atoms with van der Waals surface area (Å²) in [6.45, 7) is 0. The molecule has 0 aliphatic heterocycles. The van der Waals surface area contributed by atoms with Crippen LogP contribution in [0.2, 0.25) is 0 Å².